The molecule has 3 aromatic heterocycles. The number of amides is 1. The molecule has 6 nitrogen and oxygen atoms in total. The Morgan fingerprint density at radius 2 is 1.76 bits per heavy atom. The maximum Gasteiger partial charge on any atom is 0.416 e. The van der Waals surface area contributed by atoms with E-state index in [0.717, 1.165) is 33.4 Å². The van der Waals surface area contributed by atoms with Gasteiger partial charge >= 0.3 is 6.18 Å². The first-order valence-corrected chi connectivity index (χ1v) is 13.5. The van der Waals surface area contributed by atoms with Gasteiger partial charge in [0.25, 0.3) is 5.91 Å². The molecule has 0 aliphatic carbocycles. The molecule has 0 atom stereocenters. The molecule has 1 saturated heterocycles. The van der Waals surface area contributed by atoms with E-state index in [9.17, 15) is 18.0 Å². The fourth-order valence-electron chi connectivity index (χ4n) is 4.40. The van der Waals surface area contributed by atoms with Crippen molar-refractivity contribution in [3.63, 3.8) is 0 Å². The average molecular weight is 562 g/mol. The fourth-order valence-corrected chi connectivity index (χ4v) is 6.07. The fraction of sp³-hybridized carbons (Fsp3) is 0.308. The molecule has 0 bridgehead atoms. The van der Waals surface area contributed by atoms with Gasteiger partial charge in [-0.3, -0.25) is 4.79 Å². The molecular weight excluding hydrogens is 538 g/mol. The van der Waals surface area contributed by atoms with Crippen molar-refractivity contribution in [1.29, 1.82) is 0 Å². The van der Waals surface area contributed by atoms with Crippen molar-refractivity contribution in [2.75, 3.05) is 18.4 Å². The van der Waals surface area contributed by atoms with E-state index < -0.39 is 17.4 Å². The van der Waals surface area contributed by atoms with Crippen LogP contribution in [0.5, 0.6) is 0 Å². The van der Waals surface area contributed by atoms with Gasteiger partial charge in [0.2, 0.25) is 0 Å². The van der Waals surface area contributed by atoms with E-state index >= 15 is 4.39 Å². The molecule has 38 heavy (non-hydrogen) atoms. The number of hydrogen-bond donors (Lipinski definition) is 1. The van der Waals surface area contributed by atoms with Crippen molar-refractivity contribution in [3.05, 3.63) is 75.4 Å². The number of aromatic nitrogens is 3. The highest BCUT2D eigenvalue weighted by molar-refractivity contribution is 7.16. The number of piperidine rings is 1. The molecule has 0 spiro atoms. The molecule has 4 aromatic rings. The summed E-state index contributed by atoms with van der Waals surface area (Å²) in [6.45, 7) is 4.20. The van der Waals surface area contributed by atoms with Gasteiger partial charge in [-0.25, -0.2) is 19.3 Å². The second kappa shape index (κ2) is 10.1. The SMILES string of the molecule is Cc1nc(C)c(-c2csc(Nc3ccc(C(=O)N4CCC(F)(c5ccc(C(F)(F)F)cc5)CC4)cn3)n2)s1. The van der Waals surface area contributed by atoms with Crippen LogP contribution in [-0.2, 0) is 11.8 Å². The standard InChI is InChI=1S/C26H23F4N5OS2/c1-15-22(38-16(2)32-15)20-14-37-24(33-20)34-21-8-3-17(13-31-21)23(36)35-11-9-25(27,10-12-35)18-4-6-19(7-5-18)26(28,29)30/h3-8,13-14H,9-12H2,1-2H3,(H,31,33,34). The van der Waals surface area contributed by atoms with E-state index in [4.69, 9.17) is 0 Å². The molecule has 1 aromatic carbocycles. The van der Waals surface area contributed by atoms with Gasteiger partial charge in [0.1, 0.15) is 11.5 Å². The molecule has 0 radical (unpaired) electrons. The summed E-state index contributed by atoms with van der Waals surface area (Å²) < 4.78 is 54.0. The largest absolute Gasteiger partial charge is 0.416 e. The molecule has 198 valence electrons. The molecule has 4 heterocycles. The minimum absolute atomic E-state index is 0.00229. The van der Waals surface area contributed by atoms with Crippen LogP contribution in [0, 0.1) is 13.8 Å². The van der Waals surface area contributed by atoms with Crippen molar-refractivity contribution < 1.29 is 22.4 Å². The van der Waals surface area contributed by atoms with Crippen molar-refractivity contribution in [3.8, 4) is 10.6 Å². The highest BCUT2D eigenvalue weighted by Gasteiger charge is 2.38. The van der Waals surface area contributed by atoms with Gasteiger partial charge in [-0.15, -0.1) is 22.7 Å². The number of likely N-dealkylation sites (tertiary alicyclic amines) is 1. The monoisotopic (exact) mass is 561 g/mol. The van der Waals surface area contributed by atoms with E-state index in [2.05, 4.69) is 20.3 Å². The van der Waals surface area contributed by atoms with Gasteiger partial charge in [-0.1, -0.05) is 12.1 Å². The first-order valence-electron chi connectivity index (χ1n) is 11.8. The predicted octanol–water partition coefficient (Wildman–Crippen LogP) is 7.14. The number of hydrogen-bond acceptors (Lipinski definition) is 7. The van der Waals surface area contributed by atoms with Crippen molar-refractivity contribution in [1.82, 2.24) is 19.9 Å². The zero-order valence-electron chi connectivity index (χ0n) is 20.5. The number of nitrogens with zero attached hydrogens (tertiary/aromatic N) is 4. The first kappa shape index (κ1) is 26.2. The lowest BCUT2D eigenvalue weighted by atomic mass is 9.85. The average Bonchev–Trinajstić information content (AvgIpc) is 3.49. The Morgan fingerprint density at radius 1 is 1.05 bits per heavy atom. The van der Waals surface area contributed by atoms with Crippen molar-refractivity contribution in [2.45, 2.75) is 38.5 Å². The molecule has 1 aliphatic rings. The minimum atomic E-state index is -4.47. The van der Waals surface area contributed by atoms with Crippen LogP contribution in [0.2, 0.25) is 0 Å². The first-order chi connectivity index (χ1) is 18.0. The molecule has 12 heteroatoms. The number of thiazole rings is 2. The molecule has 1 aliphatic heterocycles. The Morgan fingerprint density at radius 3 is 2.34 bits per heavy atom. The van der Waals surface area contributed by atoms with Gasteiger partial charge in [-0.05, 0) is 43.7 Å². The summed E-state index contributed by atoms with van der Waals surface area (Å²) >= 11 is 3.03. The number of benzene rings is 1. The third-order valence-corrected chi connectivity index (χ3v) is 8.31. The zero-order chi connectivity index (χ0) is 27.1. The summed E-state index contributed by atoms with van der Waals surface area (Å²) in [6.07, 6.45) is -3.01. The number of halogens is 4. The van der Waals surface area contributed by atoms with Gasteiger partial charge in [0.15, 0.2) is 5.13 Å². The van der Waals surface area contributed by atoms with Gasteiger partial charge in [0, 0.05) is 37.5 Å². The number of rotatable bonds is 5. The highest BCUT2D eigenvalue weighted by atomic mass is 32.1. The molecular formula is C26H23F4N5OS2. The van der Waals surface area contributed by atoms with Crippen molar-refractivity contribution >= 4 is 39.5 Å². The maximum absolute atomic E-state index is 15.5. The topological polar surface area (TPSA) is 71.0 Å². The number of anilines is 2. The second-order valence-electron chi connectivity index (χ2n) is 9.08. The number of carbonyl (C=O) groups excluding carboxylic acids is 1. The smallest absolute Gasteiger partial charge is 0.338 e. The normalized spacial score (nSPS) is 15.5. The molecule has 5 rings (SSSR count). The van der Waals surface area contributed by atoms with Gasteiger partial charge in [0.05, 0.1) is 32.4 Å². The summed E-state index contributed by atoms with van der Waals surface area (Å²) in [5, 5.41) is 6.74. The summed E-state index contributed by atoms with van der Waals surface area (Å²) in [7, 11) is 0. The van der Waals surface area contributed by atoms with Crippen LogP contribution >= 0.6 is 22.7 Å². The lowest BCUT2D eigenvalue weighted by Crippen LogP contribution is -2.43. The summed E-state index contributed by atoms with van der Waals surface area (Å²) in [4.78, 5) is 28.9. The van der Waals surface area contributed by atoms with Gasteiger partial charge in [-0.2, -0.15) is 13.2 Å². The van der Waals surface area contributed by atoms with Crippen LogP contribution < -0.4 is 5.32 Å². The van der Waals surface area contributed by atoms with Crippen molar-refractivity contribution in [2.24, 2.45) is 0 Å². The Balaban J connectivity index is 1.19. The Labute approximate surface area is 224 Å². The van der Waals surface area contributed by atoms with Crippen LogP contribution in [0.1, 0.15) is 45.0 Å². The van der Waals surface area contributed by atoms with E-state index in [1.165, 1.54) is 29.7 Å². The predicted molar refractivity (Wildman–Crippen MR) is 140 cm³/mol. The summed E-state index contributed by atoms with van der Waals surface area (Å²) in [6, 6.07) is 7.48. The van der Waals surface area contributed by atoms with Crippen LogP contribution in [-0.4, -0.2) is 38.8 Å². The maximum atomic E-state index is 15.5. The lowest BCUT2D eigenvalue weighted by Gasteiger charge is -2.36. The minimum Gasteiger partial charge on any atom is -0.338 e. The third kappa shape index (κ3) is 5.41. The van der Waals surface area contributed by atoms with Gasteiger partial charge < -0.3 is 10.2 Å². The second-order valence-corrected chi connectivity index (χ2v) is 11.1. The molecule has 1 N–H and O–H groups in total. The van der Waals surface area contributed by atoms with E-state index in [-0.39, 0.29) is 37.4 Å². The highest BCUT2D eigenvalue weighted by Crippen LogP contribution is 2.39. The molecule has 1 amide bonds. The van der Waals surface area contributed by atoms with Crippen LogP contribution in [0.4, 0.5) is 28.5 Å². The molecule has 0 unspecified atom stereocenters. The Bertz CT molecular complexity index is 1440. The molecule has 1 fully saturated rings. The lowest BCUT2D eigenvalue weighted by molar-refractivity contribution is -0.137. The number of pyridine rings is 1. The Kier molecular flexibility index (Phi) is 6.95. The van der Waals surface area contributed by atoms with Crippen LogP contribution in [0.3, 0.4) is 0 Å². The van der Waals surface area contributed by atoms with E-state index in [1.807, 2.05) is 19.2 Å². The van der Waals surface area contributed by atoms with E-state index in [1.54, 1.807) is 28.4 Å². The number of aryl methyl sites for hydroxylation is 2. The van der Waals surface area contributed by atoms with Crippen LogP contribution in [0.25, 0.3) is 10.6 Å². The number of alkyl halides is 4. The quantitative estimate of drug-likeness (QED) is 0.262. The summed E-state index contributed by atoms with van der Waals surface area (Å²) in [5.41, 5.74) is -0.253. The third-order valence-electron chi connectivity index (χ3n) is 6.46. The molecule has 0 saturated carbocycles. The zero-order valence-corrected chi connectivity index (χ0v) is 22.1. The number of nitrogens with one attached hydrogen (secondary N) is 1. The van der Waals surface area contributed by atoms with E-state index in [0.29, 0.717) is 16.5 Å². The Hall–Kier alpha value is -3.38. The van der Waals surface area contributed by atoms with Crippen LogP contribution in [0.15, 0.2) is 48.0 Å². The number of carbonyl (C=O) groups is 1. The summed E-state index contributed by atoms with van der Waals surface area (Å²) in [5.74, 6) is 0.259.